The second kappa shape index (κ2) is 8.59. The van der Waals surface area contributed by atoms with Gasteiger partial charge in [-0.3, -0.25) is 0 Å². The van der Waals surface area contributed by atoms with E-state index < -0.39 is 0 Å². The van der Waals surface area contributed by atoms with Crippen LogP contribution < -0.4 is 0 Å². The van der Waals surface area contributed by atoms with Crippen LogP contribution in [-0.2, 0) is 0 Å². The molecule has 1 aromatic carbocycles. The minimum absolute atomic E-state index is 0.112. The van der Waals surface area contributed by atoms with Gasteiger partial charge < -0.3 is 15.3 Å². The zero-order chi connectivity index (χ0) is 20.6. The molecule has 3 aliphatic carbocycles. The summed E-state index contributed by atoms with van der Waals surface area (Å²) in [5.74, 6) is 2.88. The van der Waals surface area contributed by atoms with Gasteiger partial charge in [-0.2, -0.15) is 0 Å². The Balaban J connectivity index is 1.48. The van der Waals surface area contributed by atoms with Crippen molar-refractivity contribution in [3.63, 3.8) is 0 Å². The molecule has 0 amide bonds. The largest absolute Gasteiger partial charge is 0.508 e. The number of aliphatic hydroxyl groups excluding tert-OH is 2. The molecule has 2 saturated carbocycles. The highest BCUT2D eigenvalue weighted by atomic mass is 16.3. The number of rotatable bonds is 7. The lowest BCUT2D eigenvalue weighted by molar-refractivity contribution is -0.0252. The van der Waals surface area contributed by atoms with Crippen LogP contribution in [0.2, 0.25) is 0 Å². The van der Waals surface area contributed by atoms with Crippen molar-refractivity contribution in [1.29, 1.82) is 0 Å². The van der Waals surface area contributed by atoms with E-state index >= 15 is 0 Å². The highest BCUT2D eigenvalue weighted by Gasteiger charge is 2.55. The summed E-state index contributed by atoms with van der Waals surface area (Å²) >= 11 is 0. The monoisotopic (exact) mass is 400 g/mol. The number of aliphatic hydroxyl groups is 2. The summed E-state index contributed by atoms with van der Waals surface area (Å²) in [4.78, 5) is 0. The van der Waals surface area contributed by atoms with E-state index in [1.165, 1.54) is 56.1 Å². The Morgan fingerprint density at radius 3 is 2.66 bits per heavy atom. The van der Waals surface area contributed by atoms with Gasteiger partial charge in [-0.15, -0.1) is 0 Å². The van der Waals surface area contributed by atoms with Crippen LogP contribution in [0.3, 0.4) is 0 Å². The summed E-state index contributed by atoms with van der Waals surface area (Å²) in [6.07, 6.45) is 12.3. The van der Waals surface area contributed by atoms with Gasteiger partial charge in [-0.05, 0) is 104 Å². The van der Waals surface area contributed by atoms with E-state index in [0.717, 1.165) is 25.7 Å². The van der Waals surface area contributed by atoms with Gasteiger partial charge in [0.05, 0.1) is 12.2 Å². The van der Waals surface area contributed by atoms with Crippen molar-refractivity contribution >= 4 is 0 Å². The molecule has 162 valence electrons. The van der Waals surface area contributed by atoms with E-state index in [4.69, 9.17) is 0 Å². The van der Waals surface area contributed by atoms with Crippen LogP contribution in [0.4, 0.5) is 0 Å². The Bertz CT molecular complexity index is 699. The predicted molar refractivity (Wildman–Crippen MR) is 117 cm³/mol. The third kappa shape index (κ3) is 4.10. The standard InChI is InChI=1S/C26H40O3/c1-17(27)7-5-3-4-6-8-18-15-23-21(20-10-9-19(28)16-22(18)20)13-14-26(2)24(23)11-12-25(26)29/h9-10,16-18,21,23-25,27-29H,3-8,11-15H2,1-2H3/t17?,18-,21-,23-,24+,25+,26+/m1/s1. The van der Waals surface area contributed by atoms with Gasteiger partial charge in [0, 0.05) is 0 Å². The molecule has 3 heteroatoms. The topological polar surface area (TPSA) is 60.7 Å². The number of fused-ring (bicyclic) bond motifs is 5. The fourth-order valence-electron chi connectivity index (χ4n) is 7.14. The number of hydrogen-bond acceptors (Lipinski definition) is 3. The summed E-state index contributed by atoms with van der Waals surface area (Å²) in [7, 11) is 0. The lowest BCUT2D eigenvalue weighted by Crippen LogP contribution is -2.44. The van der Waals surface area contributed by atoms with E-state index in [0.29, 0.717) is 29.4 Å². The molecule has 3 N–H and O–H groups in total. The van der Waals surface area contributed by atoms with E-state index in [-0.39, 0.29) is 17.6 Å². The Labute approximate surface area is 176 Å². The zero-order valence-electron chi connectivity index (χ0n) is 18.3. The van der Waals surface area contributed by atoms with Crippen molar-refractivity contribution in [3.05, 3.63) is 29.3 Å². The van der Waals surface area contributed by atoms with Crippen molar-refractivity contribution in [2.75, 3.05) is 0 Å². The molecule has 0 spiro atoms. The predicted octanol–water partition coefficient (Wildman–Crippen LogP) is 5.87. The smallest absolute Gasteiger partial charge is 0.115 e. The number of benzene rings is 1. The van der Waals surface area contributed by atoms with Gasteiger partial charge in [-0.1, -0.05) is 38.7 Å². The Hall–Kier alpha value is -1.06. The average molecular weight is 401 g/mol. The molecule has 3 aliphatic rings. The molecule has 7 atom stereocenters. The maximum Gasteiger partial charge on any atom is 0.115 e. The molecule has 2 fully saturated rings. The van der Waals surface area contributed by atoms with Crippen LogP contribution in [0.25, 0.3) is 0 Å². The van der Waals surface area contributed by atoms with Crippen molar-refractivity contribution in [2.24, 2.45) is 17.3 Å². The van der Waals surface area contributed by atoms with Gasteiger partial charge >= 0.3 is 0 Å². The highest BCUT2D eigenvalue weighted by molar-refractivity contribution is 5.42. The van der Waals surface area contributed by atoms with Crippen LogP contribution in [0, 0.1) is 17.3 Å². The second-order valence-electron chi connectivity index (χ2n) is 10.6. The number of unbranched alkanes of at least 4 members (excludes halogenated alkanes) is 3. The fraction of sp³-hybridized carbons (Fsp3) is 0.769. The number of phenolic OH excluding ortho intramolecular Hbond substituents is 1. The zero-order valence-corrected chi connectivity index (χ0v) is 18.3. The molecule has 0 saturated heterocycles. The van der Waals surface area contributed by atoms with Crippen molar-refractivity contribution < 1.29 is 15.3 Å². The third-order valence-corrected chi connectivity index (χ3v) is 8.78. The molecule has 29 heavy (non-hydrogen) atoms. The minimum atomic E-state index is -0.178. The van der Waals surface area contributed by atoms with Gasteiger partial charge in [0.15, 0.2) is 0 Å². The summed E-state index contributed by atoms with van der Waals surface area (Å²) in [5.41, 5.74) is 3.00. The average Bonchev–Trinajstić information content (AvgIpc) is 2.99. The van der Waals surface area contributed by atoms with Crippen molar-refractivity contribution in [2.45, 2.75) is 109 Å². The summed E-state index contributed by atoms with van der Waals surface area (Å²) in [6, 6.07) is 6.12. The third-order valence-electron chi connectivity index (χ3n) is 8.78. The SMILES string of the molecule is CC(O)CCCCCC[C@@H]1C[C@@H]2[C@H](CC[C@]3(C)[C@@H](O)CC[C@@H]23)c2ccc(O)cc21. The maximum absolute atomic E-state index is 10.7. The van der Waals surface area contributed by atoms with Crippen LogP contribution >= 0.6 is 0 Å². The van der Waals surface area contributed by atoms with E-state index in [2.05, 4.69) is 13.0 Å². The summed E-state index contributed by atoms with van der Waals surface area (Å²) in [6.45, 7) is 4.22. The van der Waals surface area contributed by atoms with Gasteiger partial charge in [0.25, 0.3) is 0 Å². The van der Waals surface area contributed by atoms with Crippen LogP contribution in [0.1, 0.15) is 107 Å². The van der Waals surface area contributed by atoms with E-state index in [1.54, 1.807) is 0 Å². The number of aromatic hydroxyl groups is 1. The van der Waals surface area contributed by atoms with Crippen molar-refractivity contribution in [3.8, 4) is 5.75 Å². The second-order valence-corrected chi connectivity index (χ2v) is 10.6. The molecule has 4 rings (SSSR count). The maximum atomic E-state index is 10.7. The molecule has 0 bridgehead atoms. The highest BCUT2D eigenvalue weighted by Crippen LogP contribution is 2.62. The molecule has 0 aromatic heterocycles. The Kier molecular flexibility index (Phi) is 6.27. The minimum Gasteiger partial charge on any atom is -0.508 e. The normalized spacial score (nSPS) is 36.9. The van der Waals surface area contributed by atoms with Gasteiger partial charge in [0.2, 0.25) is 0 Å². The first-order chi connectivity index (χ1) is 13.9. The number of phenols is 1. The Morgan fingerprint density at radius 1 is 1.07 bits per heavy atom. The summed E-state index contributed by atoms with van der Waals surface area (Å²) < 4.78 is 0. The first-order valence-corrected chi connectivity index (χ1v) is 12.1. The molecule has 0 aliphatic heterocycles. The van der Waals surface area contributed by atoms with Crippen LogP contribution in [0.15, 0.2) is 18.2 Å². The molecule has 1 aromatic rings. The van der Waals surface area contributed by atoms with E-state index in [1.807, 2.05) is 19.1 Å². The first kappa shape index (κ1) is 21.2. The van der Waals surface area contributed by atoms with Gasteiger partial charge in [0.1, 0.15) is 5.75 Å². The quantitative estimate of drug-likeness (QED) is 0.502. The molecule has 1 unspecified atom stereocenters. The molecule has 3 nitrogen and oxygen atoms in total. The lowest BCUT2D eigenvalue weighted by Gasteiger charge is -2.51. The van der Waals surface area contributed by atoms with Crippen LogP contribution in [-0.4, -0.2) is 27.5 Å². The van der Waals surface area contributed by atoms with E-state index in [9.17, 15) is 15.3 Å². The van der Waals surface area contributed by atoms with Crippen LogP contribution in [0.5, 0.6) is 5.75 Å². The summed E-state index contributed by atoms with van der Waals surface area (Å²) in [5, 5.41) is 30.3. The molecular weight excluding hydrogens is 360 g/mol. The Morgan fingerprint density at radius 2 is 1.86 bits per heavy atom. The number of hydrogen-bond donors (Lipinski definition) is 3. The molecule has 0 heterocycles. The molecule has 0 radical (unpaired) electrons. The fourth-order valence-corrected chi connectivity index (χ4v) is 7.14. The first-order valence-electron chi connectivity index (χ1n) is 12.1. The van der Waals surface area contributed by atoms with Gasteiger partial charge in [-0.25, -0.2) is 0 Å². The molecular formula is C26H40O3. The lowest BCUT2D eigenvalue weighted by atomic mass is 9.53. The van der Waals surface area contributed by atoms with Crippen molar-refractivity contribution in [1.82, 2.24) is 0 Å².